The van der Waals surface area contributed by atoms with Gasteiger partial charge < -0.3 is 15.2 Å². The number of benzene rings is 1. The fourth-order valence-corrected chi connectivity index (χ4v) is 2.06. The predicted octanol–water partition coefficient (Wildman–Crippen LogP) is 2.13. The fraction of sp³-hybridized carbons (Fsp3) is 0.571. The molecule has 94 valence electrons. The normalized spacial score (nSPS) is 18.9. The molecule has 1 aliphatic rings. The zero-order valence-electron chi connectivity index (χ0n) is 10.4. The lowest BCUT2D eigenvalue weighted by Crippen LogP contribution is -2.25. The Morgan fingerprint density at radius 2 is 1.94 bits per heavy atom. The SMILES string of the molecule is CC(N)Cc1ccc(OC2CCOCC2)cc1. The highest BCUT2D eigenvalue weighted by molar-refractivity contribution is 5.28. The molecular formula is C14H21NO2. The van der Waals surface area contributed by atoms with Crippen molar-refractivity contribution in [3.63, 3.8) is 0 Å². The van der Waals surface area contributed by atoms with Crippen LogP contribution in [0.1, 0.15) is 25.3 Å². The van der Waals surface area contributed by atoms with Gasteiger partial charge in [-0.3, -0.25) is 0 Å². The average Bonchev–Trinajstić information content (AvgIpc) is 2.32. The summed E-state index contributed by atoms with van der Waals surface area (Å²) in [6, 6.07) is 8.47. The van der Waals surface area contributed by atoms with Crippen molar-refractivity contribution in [2.24, 2.45) is 5.73 Å². The van der Waals surface area contributed by atoms with E-state index < -0.39 is 0 Å². The van der Waals surface area contributed by atoms with E-state index in [1.807, 2.05) is 19.1 Å². The van der Waals surface area contributed by atoms with Crippen LogP contribution in [-0.4, -0.2) is 25.4 Å². The molecule has 1 aliphatic heterocycles. The van der Waals surface area contributed by atoms with Crippen molar-refractivity contribution in [2.75, 3.05) is 13.2 Å². The molecule has 0 aromatic heterocycles. The van der Waals surface area contributed by atoms with Crippen molar-refractivity contribution < 1.29 is 9.47 Å². The second-order valence-electron chi connectivity index (χ2n) is 4.75. The monoisotopic (exact) mass is 235 g/mol. The van der Waals surface area contributed by atoms with E-state index in [0.717, 1.165) is 38.2 Å². The molecule has 3 nitrogen and oxygen atoms in total. The van der Waals surface area contributed by atoms with Crippen LogP contribution in [0, 0.1) is 0 Å². The van der Waals surface area contributed by atoms with Crippen LogP contribution in [0.5, 0.6) is 5.75 Å². The highest BCUT2D eigenvalue weighted by Gasteiger charge is 2.14. The standard InChI is InChI=1S/C14H21NO2/c1-11(15)10-12-2-4-13(5-3-12)17-14-6-8-16-9-7-14/h2-5,11,14H,6-10,15H2,1H3. The van der Waals surface area contributed by atoms with Gasteiger partial charge in [-0.05, 0) is 31.0 Å². The number of rotatable bonds is 4. The van der Waals surface area contributed by atoms with Crippen LogP contribution >= 0.6 is 0 Å². The summed E-state index contributed by atoms with van der Waals surface area (Å²) in [7, 11) is 0. The van der Waals surface area contributed by atoms with Gasteiger partial charge in [0.1, 0.15) is 11.9 Å². The highest BCUT2D eigenvalue weighted by atomic mass is 16.5. The minimum atomic E-state index is 0.206. The number of ether oxygens (including phenoxy) is 2. The van der Waals surface area contributed by atoms with E-state index in [1.165, 1.54) is 5.56 Å². The molecule has 1 fully saturated rings. The first-order chi connectivity index (χ1) is 8.24. The van der Waals surface area contributed by atoms with E-state index in [2.05, 4.69) is 12.1 Å². The van der Waals surface area contributed by atoms with Gasteiger partial charge in [-0.1, -0.05) is 12.1 Å². The summed E-state index contributed by atoms with van der Waals surface area (Å²) in [6.07, 6.45) is 3.20. The zero-order chi connectivity index (χ0) is 12.1. The van der Waals surface area contributed by atoms with Crippen LogP contribution in [0.25, 0.3) is 0 Å². The van der Waals surface area contributed by atoms with Gasteiger partial charge in [0.25, 0.3) is 0 Å². The molecule has 1 saturated heterocycles. The highest BCUT2D eigenvalue weighted by Crippen LogP contribution is 2.18. The van der Waals surface area contributed by atoms with E-state index in [0.29, 0.717) is 6.10 Å². The van der Waals surface area contributed by atoms with Gasteiger partial charge in [-0.2, -0.15) is 0 Å². The molecule has 1 atom stereocenters. The summed E-state index contributed by atoms with van der Waals surface area (Å²) in [5, 5.41) is 0. The van der Waals surface area contributed by atoms with E-state index in [4.69, 9.17) is 15.2 Å². The minimum absolute atomic E-state index is 0.206. The molecule has 0 spiro atoms. The predicted molar refractivity (Wildman–Crippen MR) is 68.3 cm³/mol. The Morgan fingerprint density at radius 1 is 1.29 bits per heavy atom. The van der Waals surface area contributed by atoms with Crippen molar-refractivity contribution >= 4 is 0 Å². The topological polar surface area (TPSA) is 44.5 Å². The lowest BCUT2D eigenvalue weighted by Gasteiger charge is -2.23. The molecular weight excluding hydrogens is 214 g/mol. The summed E-state index contributed by atoms with van der Waals surface area (Å²) < 4.78 is 11.2. The molecule has 1 heterocycles. The van der Waals surface area contributed by atoms with Crippen molar-refractivity contribution in [1.29, 1.82) is 0 Å². The first-order valence-corrected chi connectivity index (χ1v) is 6.33. The van der Waals surface area contributed by atoms with Crippen LogP contribution in [0.2, 0.25) is 0 Å². The van der Waals surface area contributed by atoms with Crippen molar-refractivity contribution in [1.82, 2.24) is 0 Å². The van der Waals surface area contributed by atoms with E-state index in [1.54, 1.807) is 0 Å². The van der Waals surface area contributed by atoms with Crippen molar-refractivity contribution in [3.05, 3.63) is 29.8 Å². The molecule has 0 aliphatic carbocycles. The Balaban J connectivity index is 1.88. The molecule has 0 bridgehead atoms. The summed E-state index contributed by atoms with van der Waals surface area (Å²) in [4.78, 5) is 0. The van der Waals surface area contributed by atoms with Gasteiger partial charge in [0, 0.05) is 18.9 Å². The van der Waals surface area contributed by atoms with Gasteiger partial charge in [0.05, 0.1) is 13.2 Å². The average molecular weight is 235 g/mol. The molecule has 1 aromatic carbocycles. The molecule has 2 N–H and O–H groups in total. The Hall–Kier alpha value is -1.06. The molecule has 3 heteroatoms. The van der Waals surface area contributed by atoms with Crippen LogP contribution in [0.3, 0.4) is 0 Å². The molecule has 2 rings (SSSR count). The van der Waals surface area contributed by atoms with Crippen molar-refractivity contribution in [3.8, 4) is 5.75 Å². The Morgan fingerprint density at radius 3 is 2.53 bits per heavy atom. The number of hydrogen-bond acceptors (Lipinski definition) is 3. The first-order valence-electron chi connectivity index (χ1n) is 6.33. The Labute approximate surface area is 103 Å². The smallest absolute Gasteiger partial charge is 0.119 e. The molecule has 0 amide bonds. The molecule has 0 saturated carbocycles. The fourth-order valence-electron chi connectivity index (χ4n) is 2.06. The third kappa shape index (κ3) is 4.02. The van der Waals surface area contributed by atoms with Gasteiger partial charge in [-0.25, -0.2) is 0 Å². The lowest BCUT2D eigenvalue weighted by molar-refractivity contribution is 0.0255. The molecule has 1 unspecified atom stereocenters. The molecule has 17 heavy (non-hydrogen) atoms. The maximum absolute atomic E-state index is 5.90. The van der Waals surface area contributed by atoms with Crippen LogP contribution in [-0.2, 0) is 11.2 Å². The zero-order valence-corrected chi connectivity index (χ0v) is 10.4. The minimum Gasteiger partial charge on any atom is -0.490 e. The van der Waals surface area contributed by atoms with Crippen LogP contribution in [0.15, 0.2) is 24.3 Å². The van der Waals surface area contributed by atoms with Crippen LogP contribution < -0.4 is 10.5 Å². The third-order valence-electron chi connectivity index (χ3n) is 2.95. The lowest BCUT2D eigenvalue weighted by atomic mass is 10.1. The van der Waals surface area contributed by atoms with Gasteiger partial charge >= 0.3 is 0 Å². The number of nitrogens with two attached hydrogens (primary N) is 1. The molecule has 0 radical (unpaired) electrons. The summed E-state index contributed by atoms with van der Waals surface area (Å²) in [5.74, 6) is 0.949. The summed E-state index contributed by atoms with van der Waals surface area (Å²) >= 11 is 0. The summed E-state index contributed by atoms with van der Waals surface area (Å²) in [6.45, 7) is 3.65. The van der Waals surface area contributed by atoms with Gasteiger partial charge in [0.2, 0.25) is 0 Å². The summed E-state index contributed by atoms with van der Waals surface area (Å²) in [5.41, 5.74) is 7.03. The van der Waals surface area contributed by atoms with E-state index >= 15 is 0 Å². The third-order valence-corrected chi connectivity index (χ3v) is 2.95. The Bertz CT molecular complexity index is 329. The van der Waals surface area contributed by atoms with E-state index in [-0.39, 0.29) is 6.04 Å². The second-order valence-corrected chi connectivity index (χ2v) is 4.75. The quantitative estimate of drug-likeness (QED) is 0.869. The largest absolute Gasteiger partial charge is 0.490 e. The maximum Gasteiger partial charge on any atom is 0.119 e. The molecule has 1 aromatic rings. The maximum atomic E-state index is 5.90. The first kappa shape index (κ1) is 12.4. The van der Waals surface area contributed by atoms with Gasteiger partial charge in [-0.15, -0.1) is 0 Å². The van der Waals surface area contributed by atoms with E-state index in [9.17, 15) is 0 Å². The van der Waals surface area contributed by atoms with Crippen molar-refractivity contribution in [2.45, 2.75) is 38.3 Å². The van der Waals surface area contributed by atoms with Gasteiger partial charge in [0.15, 0.2) is 0 Å². The second kappa shape index (κ2) is 6.03. The number of hydrogen-bond donors (Lipinski definition) is 1. The Kier molecular flexibility index (Phi) is 4.40. The van der Waals surface area contributed by atoms with Crippen LogP contribution in [0.4, 0.5) is 0 Å².